The van der Waals surface area contributed by atoms with Crippen LogP contribution < -0.4 is 0 Å². The summed E-state index contributed by atoms with van der Waals surface area (Å²) in [5.74, 6) is -0.926. The Morgan fingerprint density at radius 1 is 1.05 bits per heavy atom. The van der Waals surface area contributed by atoms with Crippen molar-refractivity contribution in [1.82, 2.24) is 0 Å². The van der Waals surface area contributed by atoms with Crippen molar-refractivity contribution < 1.29 is 23.1 Å². The summed E-state index contributed by atoms with van der Waals surface area (Å²) < 4.78 is 25.3. The fourth-order valence-electron chi connectivity index (χ4n) is 2.27. The van der Waals surface area contributed by atoms with Gasteiger partial charge in [0.05, 0.1) is 10.1 Å². The molecule has 1 atom stereocenters. The van der Waals surface area contributed by atoms with E-state index in [-0.39, 0.29) is 29.9 Å². The maximum absolute atomic E-state index is 12.6. The van der Waals surface area contributed by atoms with Gasteiger partial charge in [-0.1, -0.05) is 24.6 Å². The molecule has 0 aliphatic rings. The topological polar surface area (TPSA) is 88.5 Å². The molecule has 0 spiro atoms. The van der Waals surface area contributed by atoms with Crippen molar-refractivity contribution in [3.63, 3.8) is 0 Å². The van der Waals surface area contributed by atoms with Gasteiger partial charge < -0.3 is 9.90 Å². The molecule has 0 heterocycles. The van der Waals surface area contributed by atoms with Gasteiger partial charge in [0.15, 0.2) is 9.84 Å². The van der Waals surface area contributed by atoms with Crippen LogP contribution in [0.5, 0.6) is 0 Å². The average Bonchev–Trinajstić information content (AvgIpc) is 2.46. The summed E-state index contributed by atoms with van der Waals surface area (Å²) in [7, 11) is -3.50. The Hall–Kier alpha value is -1.69. The largest absolute Gasteiger partial charge is 0.481 e. The van der Waals surface area contributed by atoms with Gasteiger partial charge in [0, 0.05) is 12.8 Å². The third kappa shape index (κ3) is 5.97. The molecular weight excluding hydrogens is 304 g/mol. The van der Waals surface area contributed by atoms with Crippen LogP contribution in [-0.4, -0.2) is 30.5 Å². The maximum atomic E-state index is 12.6. The Bertz CT molecular complexity index is 592. The molecule has 22 heavy (non-hydrogen) atoms. The van der Waals surface area contributed by atoms with Crippen molar-refractivity contribution in [2.75, 3.05) is 0 Å². The number of carbonyl (C=O) groups excluding carboxylic acids is 1. The van der Waals surface area contributed by atoms with Gasteiger partial charge >= 0.3 is 5.97 Å². The maximum Gasteiger partial charge on any atom is 0.303 e. The molecule has 122 valence electrons. The minimum absolute atomic E-state index is 0.0326. The molecule has 1 aromatic rings. The van der Waals surface area contributed by atoms with Crippen molar-refractivity contribution in [2.45, 2.75) is 55.6 Å². The van der Waals surface area contributed by atoms with Crippen LogP contribution in [0.15, 0.2) is 35.2 Å². The molecule has 5 nitrogen and oxygen atoms in total. The van der Waals surface area contributed by atoms with Crippen LogP contribution in [-0.2, 0) is 19.4 Å². The van der Waals surface area contributed by atoms with E-state index >= 15 is 0 Å². The van der Waals surface area contributed by atoms with Gasteiger partial charge in [0.1, 0.15) is 5.78 Å². The van der Waals surface area contributed by atoms with Gasteiger partial charge in [0.2, 0.25) is 0 Å². The number of benzene rings is 1. The Labute approximate surface area is 131 Å². The van der Waals surface area contributed by atoms with Gasteiger partial charge in [-0.2, -0.15) is 0 Å². The fraction of sp³-hybridized carbons (Fsp3) is 0.500. The van der Waals surface area contributed by atoms with Crippen LogP contribution in [0.3, 0.4) is 0 Å². The van der Waals surface area contributed by atoms with E-state index in [1.165, 1.54) is 6.92 Å². The third-order valence-corrected chi connectivity index (χ3v) is 5.77. The standard InChI is InChI=1S/C16H22O5S/c1-13(17)11-12-15(9-5-6-10-16(18)19)22(20,21)14-7-3-2-4-8-14/h2-4,7-8,15H,5-6,9-12H2,1H3,(H,18,19). The molecule has 1 aromatic carbocycles. The number of Topliss-reactive ketones (excluding diaryl/α,β-unsaturated/α-hetero) is 1. The second kappa shape index (κ2) is 8.68. The Morgan fingerprint density at radius 3 is 2.23 bits per heavy atom. The van der Waals surface area contributed by atoms with E-state index in [1.807, 2.05) is 0 Å². The zero-order valence-corrected chi connectivity index (χ0v) is 13.5. The molecule has 0 bridgehead atoms. The first-order valence-corrected chi connectivity index (χ1v) is 8.89. The van der Waals surface area contributed by atoms with Crippen molar-refractivity contribution >= 4 is 21.6 Å². The van der Waals surface area contributed by atoms with Crippen LogP contribution in [0.4, 0.5) is 0 Å². The molecule has 0 saturated heterocycles. The molecule has 0 fully saturated rings. The number of rotatable bonds is 10. The molecule has 0 saturated carbocycles. The van der Waals surface area contributed by atoms with Crippen LogP contribution in [0.25, 0.3) is 0 Å². The fourth-order valence-corrected chi connectivity index (χ4v) is 4.10. The lowest BCUT2D eigenvalue weighted by Gasteiger charge is -2.17. The highest BCUT2D eigenvalue weighted by Crippen LogP contribution is 2.24. The van der Waals surface area contributed by atoms with Crippen LogP contribution in [0.2, 0.25) is 0 Å². The third-order valence-electron chi connectivity index (χ3n) is 3.50. The summed E-state index contributed by atoms with van der Waals surface area (Å²) >= 11 is 0. The Balaban J connectivity index is 2.80. The normalized spacial score (nSPS) is 12.8. The number of carbonyl (C=O) groups is 2. The molecule has 6 heteroatoms. The molecule has 0 aliphatic carbocycles. The minimum atomic E-state index is -3.50. The van der Waals surface area contributed by atoms with Crippen LogP contribution in [0, 0.1) is 0 Å². The molecule has 0 amide bonds. The molecule has 0 radical (unpaired) electrons. The van der Waals surface area contributed by atoms with E-state index in [0.717, 1.165) is 0 Å². The highest BCUT2D eigenvalue weighted by atomic mass is 32.2. The predicted octanol–water partition coefficient (Wildman–Crippen LogP) is 2.84. The van der Waals surface area contributed by atoms with Crippen LogP contribution in [0.1, 0.15) is 45.4 Å². The summed E-state index contributed by atoms with van der Waals surface area (Å²) in [5.41, 5.74) is 0. The lowest BCUT2D eigenvalue weighted by molar-refractivity contribution is -0.137. The number of ketones is 1. The summed E-state index contributed by atoms with van der Waals surface area (Å²) in [6.07, 6.45) is 1.86. The SMILES string of the molecule is CC(=O)CCC(CCCCC(=O)O)S(=O)(=O)c1ccccc1. The van der Waals surface area contributed by atoms with E-state index < -0.39 is 21.1 Å². The molecule has 1 N–H and O–H groups in total. The van der Waals surface area contributed by atoms with Crippen molar-refractivity contribution in [3.05, 3.63) is 30.3 Å². The summed E-state index contributed by atoms with van der Waals surface area (Å²) in [4.78, 5) is 21.9. The van der Waals surface area contributed by atoms with Crippen molar-refractivity contribution in [1.29, 1.82) is 0 Å². The Morgan fingerprint density at radius 2 is 1.68 bits per heavy atom. The lowest BCUT2D eigenvalue weighted by atomic mass is 10.1. The quantitative estimate of drug-likeness (QED) is 0.668. The summed E-state index contributed by atoms with van der Waals surface area (Å²) in [6, 6.07) is 8.18. The lowest BCUT2D eigenvalue weighted by Crippen LogP contribution is -2.22. The smallest absolute Gasteiger partial charge is 0.303 e. The van der Waals surface area contributed by atoms with Crippen molar-refractivity contribution in [2.24, 2.45) is 0 Å². The highest BCUT2D eigenvalue weighted by Gasteiger charge is 2.27. The van der Waals surface area contributed by atoms with Crippen molar-refractivity contribution in [3.8, 4) is 0 Å². The predicted molar refractivity (Wildman–Crippen MR) is 83.4 cm³/mol. The van der Waals surface area contributed by atoms with E-state index in [0.29, 0.717) is 19.3 Å². The molecular formula is C16H22O5S. The first-order chi connectivity index (χ1) is 10.3. The van der Waals surface area contributed by atoms with Crippen LogP contribution >= 0.6 is 0 Å². The monoisotopic (exact) mass is 326 g/mol. The van der Waals surface area contributed by atoms with Gasteiger partial charge in [-0.15, -0.1) is 0 Å². The number of aliphatic carboxylic acids is 1. The van der Waals surface area contributed by atoms with E-state index in [2.05, 4.69) is 0 Å². The van der Waals surface area contributed by atoms with Gasteiger partial charge in [-0.05, 0) is 38.3 Å². The molecule has 1 unspecified atom stereocenters. The number of carboxylic acids is 1. The zero-order chi connectivity index (χ0) is 16.6. The molecule has 0 aliphatic heterocycles. The molecule has 0 aromatic heterocycles. The minimum Gasteiger partial charge on any atom is -0.481 e. The van der Waals surface area contributed by atoms with Gasteiger partial charge in [-0.25, -0.2) is 8.42 Å². The summed E-state index contributed by atoms with van der Waals surface area (Å²) in [6.45, 7) is 1.44. The number of unbranched alkanes of at least 4 members (excludes halogenated alkanes) is 1. The Kier molecular flexibility index (Phi) is 7.24. The first kappa shape index (κ1) is 18.4. The first-order valence-electron chi connectivity index (χ1n) is 7.34. The second-order valence-corrected chi connectivity index (χ2v) is 7.59. The highest BCUT2D eigenvalue weighted by molar-refractivity contribution is 7.92. The number of sulfone groups is 1. The van der Waals surface area contributed by atoms with Gasteiger partial charge in [-0.3, -0.25) is 4.79 Å². The summed E-state index contributed by atoms with van der Waals surface area (Å²) in [5, 5.41) is 7.98. The zero-order valence-electron chi connectivity index (χ0n) is 12.7. The molecule has 1 rings (SSSR count). The van der Waals surface area contributed by atoms with E-state index in [9.17, 15) is 18.0 Å². The second-order valence-electron chi connectivity index (χ2n) is 5.36. The number of hydrogen-bond donors (Lipinski definition) is 1. The van der Waals surface area contributed by atoms with Gasteiger partial charge in [0.25, 0.3) is 0 Å². The number of hydrogen-bond acceptors (Lipinski definition) is 4. The van der Waals surface area contributed by atoms with E-state index in [4.69, 9.17) is 5.11 Å². The van der Waals surface area contributed by atoms with E-state index in [1.54, 1.807) is 30.3 Å². The average molecular weight is 326 g/mol. The number of carboxylic acid groups (broad SMARTS) is 1.